The Hall–Kier alpha value is -5.90. The first-order chi connectivity index (χ1) is 20.7. The molecule has 7 rings (SSSR count). The van der Waals surface area contributed by atoms with Crippen LogP contribution in [-0.2, 0) is 5.41 Å². The Morgan fingerprint density at radius 3 is 1.33 bits per heavy atom. The fraction of sp³-hybridized carbons (Fsp3) is 0.0256. The highest BCUT2D eigenvalue weighted by molar-refractivity contribution is 5.89. The number of rotatable bonds is 4. The van der Waals surface area contributed by atoms with Crippen molar-refractivity contribution in [1.82, 2.24) is 0 Å². The maximum Gasteiger partial charge on any atom is 0.0991 e. The van der Waals surface area contributed by atoms with E-state index in [0.717, 1.165) is 39.3 Å². The monoisotopic (exact) mass is 535 g/mol. The second-order valence-corrected chi connectivity index (χ2v) is 10.4. The molecule has 0 saturated carbocycles. The van der Waals surface area contributed by atoms with Crippen LogP contribution in [0.15, 0.2) is 152 Å². The largest absolute Gasteiger partial charge is 0.310 e. The molecule has 0 unspecified atom stereocenters. The zero-order valence-electron chi connectivity index (χ0n) is 22.8. The van der Waals surface area contributed by atoms with Gasteiger partial charge in [-0.1, -0.05) is 103 Å². The third kappa shape index (κ3) is 3.88. The van der Waals surface area contributed by atoms with E-state index in [-0.39, 0.29) is 0 Å². The average molecular weight is 536 g/mol. The van der Waals surface area contributed by atoms with Crippen LogP contribution in [-0.4, -0.2) is 0 Å². The van der Waals surface area contributed by atoms with Gasteiger partial charge >= 0.3 is 0 Å². The Labute approximate surface area is 245 Å². The van der Waals surface area contributed by atoms with Crippen molar-refractivity contribution in [2.24, 2.45) is 0 Å². The molecule has 0 atom stereocenters. The van der Waals surface area contributed by atoms with Crippen LogP contribution in [0.4, 0.5) is 17.1 Å². The van der Waals surface area contributed by atoms with E-state index in [9.17, 15) is 10.5 Å². The molecule has 1 aliphatic rings. The third-order valence-electron chi connectivity index (χ3n) is 8.22. The molecule has 0 N–H and O–H groups in total. The number of benzene rings is 6. The molecule has 1 heterocycles. The van der Waals surface area contributed by atoms with E-state index in [2.05, 4.69) is 138 Å². The minimum atomic E-state index is -0.671. The summed E-state index contributed by atoms with van der Waals surface area (Å²) in [6.07, 6.45) is 0. The molecule has 1 aliphatic heterocycles. The Kier molecular flexibility index (Phi) is 6.12. The van der Waals surface area contributed by atoms with Gasteiger partial charge in [-0.2, -0.15) is 10.5 Å². The molecule has 196 valence electrons. The number of fused-ring (bicyclic) bond motifs is 2. The predicted molar refractivity (Wildman–Crippen MR) is 168 cm³/mol. The molecule has 0 aliphatic carbocycles. The molecular formula is C39H25N3. The summed E-state index contributed by atoms with van der Waals surface area (Å²) in [5.41, 5.74) is 10.5. The van der Waals surface area contributed by atoms with E-state index in [1.54, 1.807) is 0 Å². The van der Waals surface area contributed by atoms with Gasteiger partial charge in [0.15, 0.2) is 0 Å². The third-order valence-corrected chi connectivity index (χ3v) is 8.22. The van der Waals surface area contributed by atoms with Gasteiger partial charge in [0.2, 0.25) is 0 Å². The van der Waals surface area contributed by atoms with Crippen LogP contribution in [0.2, 0.25) is 0 Å². The number of nitrogens with zero attached hydrogens (tertiary/aromatic N) is 3. The molecule has 42 heavy (non-hydrogen) atoms. The summed E-state index contributed by atoms with van der Waals surface area (Å²) < 4.78 is 0. The standard InChI is InChI=1S/C39H25N3/c40-26-28-14-20-32(21-15-28)39(33-22-16-29(27-41)17-23-33)35-10-4-6-12-37(35)42(38-13-7-5-11-36(38)39)34-24-18-31(19-25-34)30-8-2-1-3-9-30/h1-25H. The first-order valence-corrected chi connectivity index (χ1v) is 13.9. The van der Waals surface area contributed by atoms with Crippen molar-refractivity contribution in [1.29, 1.82) is 10.5 Å². The Morgan fingerprint density at radius 1 is 0.429 bits per heavy atom. The fourth-order valence-corrected chi connectivity index (χ4v) is 6.34. The van der Waals surface area contributed by atoms with Gasteiger partial charge in [0, 0.05) is 5.69 Å². The zero-order chi connectivity index (χ0) is 28.5. The molecule has 3 nitrogen and oxygen atoms in total. The highest BCUT2D eigenvalue weighted by Crippen LogP contribution is 2.57. The number of para-hydroxylation sites is 2. The molecule has 0 aromatic heterocycles. The molecule has 3 heteroatoms. The van der Waals surface area contributed by atoms with E-state index < -0.39 is 5.41 Å². The Morgan fingerprint density at radius 2 is 0.857 bits per heavy atom. The van der Waals surface area contributed by atoms with E-state index in [1.165, 1.54) is 11.1 Å². The lowest BCUT2D eigenvalue weighted by Gasteiger charge is -2.46. The van der Waals surface area contributed by atoms with Crippen LogP contribution in [0, 0.1) is 22.7 Å². The molecule has 0 spiro atoms. The van der Waals surface area contributed by atoms with Crippen molar-refractivity contribution in [3.05, 3.63) is 185 Å². The fourth-order valence-electron chi connectivity index (χ4n) is 6.34. The summed E-state index contributed by atoms with van der Waals surface area (Å²) >= 11 is 0. The highest BCUT2D eigenvalue weighted by atomic mass is 15.2. The average Bonchev–Trinajstić information content (AvgIpc) is 3.08. The lowest BCUT2D eigenvalue weighted by molar-refractivity contribution is 0.731. The van der Waals surface area contributed by atoms with Crippen molar-refractivity contribution in [3.63, 3.8) is 0 Å². The van der Waals surface area contributed by atoms with Crippen LogP contribution in [0.5, 0.6) is 0 Å². The second-order valence-electron chi connectivity index (χ2n) is 10.4. The minimum Gasteiger partial charge on any atom is -0.310 e. The molecule has 0 saturated heterocycles. The van der Waals surface area contributed by atoms with Crippen LogP contribution in [0.3, 0.4) is 0 Å². The number of hydrogen-bond acceptors (Lipinski definition) is 3. The summed E-state index contributed by atoms with van der Waals surface area (Å²) in [4.78, 5) is 2.34. The van der Waals surface area contributed by atoms with Crippen molar-refractivity contribution >= 4 is 17.1 Å². The topological polar surface area (TPSA) is 50.8 Å². The lowest BCUT2D eigenvalue weighted by atomic mass is 9.62. The van der Waals surface area contributed by atoms with Gasteiger partial charge in [-0.25, -0.2) is 0 Å². The quantitative estimate of drug-likeness (QED) is 0.226. The number of hydrogen-bond donors (Lipinski definition) is 0. The van der Waals surface area contributed by atoms with Crippen LogP contribution in [0.25, 0.3) is 11.1 Å². The van der Waals surface area contributed by atoms with Gasteiger partial charge in [0.05, 0.1) is 40.1 Å². The summed E-state index contributed by atoms with van der Waals surface area (Å²) in [6.45, 7) is 0. The van der Waals surface area contributed by atoms with E-state index in [4.69, 9.17) is 0 Å². The van der Waals surface area contributed by atoms with Crippen molar-refractivity contribution in [2.75, 3.05) is 4.90 Å². The maximum absolute atomic E-state index is 9.56. The summed E-state index contributed by atoms with van der Waals surface area (Å²) in [5, 5.41) is 19.1. The summed E-state index contributed by atoms with van der Waals surface area (Å²) in [7, 11) is 0. The van der Waals surface area contributed by atoms with Gasteiger partial charge < -0.3 is 4.90 Å². The Bertz CT molecular complexity index is 1870. The van der Waals surface area contributed by atoms with E-state index in [0.29, 0.717) is 11.1 Å². The minimum absolute atomic E-state index is 0.617. The van der Waals surface area contributed by atoms with Gasteiger partial charge in [0.1, 0.15) is 0 Å². The first-order valence-electron chi connectivity index (χ1n) is 13.9. The summed E-state index contributed by atoms with van der Waals surface area (Å²) in [5.74, 6) is 0. The first kappa shape index (κ1) is 25.1. The van der Waals surface area contributed by atoms with Crippen LogP contribution in [0.1, 0.15) is 33.4 Å². The lowest BCUT2D eigenvalue weighted by Crippen LogP contribution is -2.37. The number of anilines is 3. The number of nitriles is 2. The van der Waals surface area contributed by atoms with Gasteiger partial charge in [-0.05, 0) is 81.9 Å². The SMILES string of the molecule is N#Cc1ccc(C2(c3ccc(C#N)cc3)c3ccccc3N(c3ccc(-c4ccccc4)cc3)c3ccccc32)cc1. The van der Waals surface area contributed by atoms with Crippen LogP contribution < -0.4 is 4.90 Å². The molecule has 6 aromatic carbocycles. The molecular weight excluding hydrogens is 510 g/mol. The van der Waals surface area contributed by atoms with Crippen molar-refractivity contribution in [3.8, 4) is 23.3 Å². The molecule has 0 bridgehead atoms. The van der Waals surface area contributed by atoms with E-state index >= 15 is 0 Å². The molecule has 0 radical (unpaired) electrons. The predicted octanol–water partition coefficient (Wildman–Crippen LogP) is 9.26. The highest BCUT2D eigenvalue weighted by Gasteiger charge is 2.46. The smallest absolute Gasteiger partial charge is 0.0991 e. The zero-order valence-corrected chi connectivity index (χ0v) is 22.8. The maximum atomic E-state index is 9.56. The Balaban J connectivity index is 1.50. The normalized spacial score (nSPS) is 12.9. The van der Waals surface area contributed by atoms with Gasteiger partial charge in [-0.3, -0.25) is 0 Å². The van der Waals surface area contributed by atoms with Crippen molar-refractivity contribution in [2.45, 2.75) is 5.41 Å². The molecule has 0 fully saturated rings. The van der Waals surface area contributed by atoms with Crippen molar-refractivity contribution < 1.29 is 0 Å². The van der Waals surface area contributed by atoms with Gasteiger partial charge in [-0.15, -0.1) is 0 Å². The van der Waals surface area contributed by atoms with Gasteiger partial charge in [0.25, 0.3) is 0 Å². The van der Waals surface area contributed by atoms with E-state index in [1.807, 2.05) is 30.3 Å². The molecule has 0 amide bonds. The second kappa shape index (κ2) is 10.3. The molecule has 6 aromatic rings. The van der Waals surface area contributed by atoms with Crippen LogP contribution >= 0.6 is 0 Å². The summed E-state index contributed by atoms with van der Waals surface area (Å²) in [6, 6.07) is 56.6.